The van der Waals surface area contributed by atoms with E-state index in [1.54, 1.807) is 42.6 Å². The number of pyridine rings is 1. The first-order valence-corrected chi connectivity index (χ1v) is 10.8. The van der Waals surface area contributed by atoms with Gasteiger partial charge in [0.25, 0.3) is 0 Å². The van der Waals surface area contributed by atoms with E-state index in [0.717, 1.165) is 29.8 Å². The third-order valence-electron chi connectivity index (χ3n) is 5.66. The molecular formula is C24H23ClN6O2. The largest absolute Gasteiger partial charge is 0.369 e. The molecule has 2 amide bonds. The number of nitrogens with zero attached hydrogens (tertiary/aromatic N) is 4. The van der Waals surface area contributed by atoms with Gasteiger partial charge in [-0.25, -0.2) is 0 Å². The van der Waals surface area contributed by atoms with E-state index in [2.05, 4.69) is 29.2 Å². The number of aromatic nitrogens is 3. The number of nitrogens with two attached hydrogens (primary N) is 1. The first-order chi connectivity index (χ1) is 15.7. The van der Waals surface area contributed by atoms with Crippen LogP contribution in [0.3, 0.4) is 0 Å². The normalized spacial score (nSPS) is 14.8. The monoisotopic (exact) mass is 462 g/mol. The lowest BCUT2D eigenvalue weighted by atomic mass is 9.89. The molecule has 4 rings (SSSR count). The van der Waals surface area contributed by atoms with E-state index < -0.39 is 17.7 Å². The van der Waals surface area contributed by atoms with Gasteiger partial charge >= 0.3 is 0 Å². The van der Waals surface area contributed by atoms with Gasteiger partial charge in [0.15, 0.2) is 0 Å². The predicted molar refractivity (Wildman–Crippen MR) is 124 cm³/mol. The zero-order valence-corrected chi connectivity index (χ0v) is 19.1. The van der Waals surface area contributed by atoms with E-state index in [1.807, 2.05) is 4.68 Å². The maximum Gasteiger partial charge on any atom is 0.238 e. The van der Waals surface area contributed by atoms with Crippen LogP contribution in [0, 0.1) is 16.7 Å². The summed E-state index contributed by atoms with van der Waals surface area (Å²) in [5.41, 5.74) is 10.1. The second-order valence-electron chi connectivity index (χ2n) is 8.94. The van der Waals surface area contributed by atoms with Crippen molar-refractivity contribution >= 4 is 29.1 Å². The van der Waals surface area contributed by atoms with Crippen LogP contribution in [0.2, 0.25) is 5.02 Å². The molecule has 1 aliphatic rings. The SMILES string of the molecule is CC1(C)Cc2c(-c3cc(C(C(N)=O)c4cccc(NC(=O)CC#N)c4)ncc3Cl)cnn2C1. The Morgan fingerprint density at radius 2 is 2.09 bits per heavy atom. The van der Waals surface area contributed by atoms with Gasteiger partial charge in [0, 0.05) is 35.2 Å². The van der Waals surface area contributed by atoms with Crippen molar-refractivity contribution in [1.82, 2.24) is 14.8 Å². The minimum Gasteiger partial charge on any atom is -0.369 e. The second-order valence-corrected chi connectivity index (χ2v) is 9.34. The summed E-state index contributed by atoms with van der Waals surface area (Å²) < 4.78 is 1.99. The highest BCUT2D eigenvalue weighted by Crippen LogP contribution is 2.40. The number of carbonyl (C=O) groups excluding carboxylic acids is 2. The number of hydrogen-bond acceptors (Lipinski definition) is 5. The Hall–Kier alpha value is -3.70. The van der Waals surface area contributed by atoms with E-state index in [-0.39, 0.29) is 11.8 Å². The summed E-state index contributed by atoms with van der Waals surface area (Å²) >= 11 is 6.51. The third kappa shape index (κ3) is 4.59. The number of anilines is 1. The molecule has 168 valence electrons. The van der Waals surface area contributed by atoms with Crippen molar-refractivity contribution in [2.45, 2.75) is 39.2 Å². The third-order valence-corrected chi connectivity index (χ3v) is 5.96. The zero-order chi connectivity index (χ0) is 23.8. The van der Waals surface area contributed by atoms with Crippen molar-refractivity contribution in [2.75, 3.05) is 5.32 Å². The highest BCUT2D eigenvalue weighted by Gasteiger charge is 2.32. The van der Waals surface area contributed by atoms with E-state index in [0.29, 0.717) is 22.0 Å². The average molecular weight is 463 g/mol. The van der Waals surface area contributed by atoms with E-state index in [4.69, 9.17) is 22.6 Å². The lowest BCUT2D eigenvalue weighted by molar-refractivity contribution is -0.118. The molecule has 0 aliphatic carbocycles. The van der Waals surface area contributed by atoms with Gasteiger partial charge in [-0.05, 0) is 35.6 Å². The lowest BCUT2D eigenvalue weighted by Crippen LogP contribution is -2.23. The molecule has 0 bridgehead atoms. The Labute approximate surface area is 196 Å². The van der Waals surface area contributed by atoms with Crippen LogP contribution >= 0.6 is 11.6 Å². The minimum atomic E-state index is -0.853. The number of nitriles is 1. The molecule has 1 aliphatic heterocycles. The van der Waals surface area contributed by atoms with Gasteiger partial charge in [-0.3, -0.25) is 19.3 Å². The van der Waals surface area contributed by atoms with Crippen molar-refractivity contribution in [1.29, 1.82) is 5.26 Å². The van der Waals surface area contributed by atoms with Crippen LogP contribution in [-0.4, -0.2) is 26.6 Å². The Morgan fingerprint density at radius 3 is 2.82 bits per heavy atom. The van der Waals surface area contributed by atoms with Crippen molar-refractivity contribution in [3.63, 3.8) is 0 Å². The molecule has 2 aromatic heterocycles. The van der Waals surface area contributed by atoms with Crippen LogP contribution in [0.25, 0.3) is 11.1 Å². The maximum absolute atomic E-state index is 12.5. The van der Waals surface area contributed by atoms with Crippen LogP contribution in [0.15, 0.2) is 42.7 Å². The molecule has 1 aromatic carbocycles. The topological polar surface area (TPSA) is 127 Å². The van der Waals surface area contributed by atoms with Crippen LogP contribution in [0.4, 0.5) is 5.69 Å². The fourth-order valence-electron chi connectivity index (χ4n) is 4.25. The molecule has 8 nitrogen and oxygen atoms in total. The molecule has 9 heteroatoms. The number of primary amides is 1. The Bertz CT molecular complexity index is 1290. The molecule has 0 saturated carbocycles. The summed E-state index contributed by atoms with van der Waals surface area (Å²) in [5.74, 6) is -1.87. The first-order valence-electron chi connectivity index (χ1n) is 10.4. The van der Waals surface area contributed by atoms with Gasteiger partial charge in [-0.15, -0.1) is 0 Å². The molecule has 33 heavy (non-hydrogen) atoms. The number of benzene rings is 1. The van der Waals surface area contributed by atoms with Gasteiger partial charge in [0.2, 0.25) is 11.8 Å². The maximum atomic E-state index is 12.5. The highest BCUT2D eigenvalue weighted by molar-refractivity contribution is 6.33. The number of halogens is 1. The molecule has 0 spiro atoms. The number of carbonyl (C=O) groups is 2. The molecule has 3 N–H and O–H groups in total. The predicted octanol–water partition coefficient (Wildman–Crippen LogP) is 3.65. The molecule has 1 unspecified atom stereocenters. The number of rotatable bonds is 6. The summed E-state index contributed by atoms with van der Waals surface area (Å²) in [7, 11) is 0. The van der Waals surface area contributed by atoms with Crippen LogP contribution in [-0.2, 0) is 22.6 Å². The fourth-order valence-corrected chi connectivity index (χ4v) is 4.45. The Kier molecular flexibility index (Phi) is 5.91. The minimum absolute atomic E-state index is 0.104. The van der Waals surface area contributed by atoms with Gasteiger partial charge in [0.05, 0.1) is 23.0 Å². The average Bonchev–Trinajstić information content (AvgIpc) is 3.24. The van der Waals surface area contributed by atoms with E-state index in [9.17, 15) is 9.59 Å². The van der Waals surface area contributed by atoms with Crippen molar-refractivity contribution in [3.8, 4) is 17.2 Å². The van der Waals surface area contributed by atoms with Crippen molar-refractivity contribution in [3.05, 3.63) is 64.7 Å². The number of hydrogen-bond donors (Lipinski definition) is 2. The summed E-state index contributed by atoms with van der Waals surface area (Å²) in [6.07, 6.45) is 3.91. The molecule has 3 heterocycles. The smallest absolute Gasteiger partial charge is 0.238 e. The van der Waals surface area contributed by atoms with E-state index in [1.165, 1.54) is 6.20 Å². The molecule has 0 radical (unpaired) electrons. The quantitative estimate of drug-likeness (QED) is 0.578. The van der Waals surface area contributed by atoms with Crippen LogP contribution in [0.1, 0.15) is 43.1 Å². The summed E-state index contributed by atoms with van der Waals surface area (Å²) in [4.78, 5) is 28.7. The summed E-state index contributed by atoms with van der Waals surface area (Å²) in [5, 5.41) is 16.3. The number of amides is 2. The van der Waals surface area contributed by atoms with Crippen LogP contribution in [0.5, 0.6) is 0 Å². The lowest BCUT2D eigenvalue weighted by Gasteiger charge is -2.17. The van der Waals surface area contributed by atoms with Gasteiger partial charge in [0.1, 0.15) is 12.3 Å². The molecule has 1 atom stereocenters. The van der Waals surface area contributed by atoms with Crippen molar-refractivity contribution in [2.24, 2.45) is 11.1 Å². The first kappa shape index (κ1) is 22.5. The molecular weight excluding hydrogens is 440 g/mol. The Balaban J connectivity index is 1.72. The van der Waals surface area contributed by atoms with E-state index >= 15 is 0 Å². The zero-order valence-electron chi connectivity index (χ0n) is 18.3. The summed E-state index contributed by atoms with van der Waals surface area (Å²) in [6, 6.07) is 10.4. The highest BCUT2D eigenvalue weighted by atomic mass is 35.5. The fraction of sp³-hybridized carbons (Fsp3) is 0.292. The Morgan fingerprint density at radius 1 is 1.30 bits per heavy atom. The van der Waals surface area contributed by atoms with Gasteiger partial charge in [-0.2, -0.15) is 10.4 Å². The second kappa shape index (κ2) is 8.68. The van der Waals surface area contributed by atoms with Crippen molar-refractivity contribution < 1.29 is 9.59 Å². The number of nitrogens with one attached hydrogen (secondary N) is 1. The molecule has 0 fully saturated rings. The van der Waals surface area contributed by atoms with Gasteiger partial charge in [-0.1, -0.05) is 37.6 Å². The molecule has 0 saturated heterocycles. The molecule has 3 aromatic rings. The summed E-state index contributed by atoms with van der Waals surface area (Å²) in [6.45, 7) is 5.21. The number of fused-ring (bicyclic) bond motifs is 1. The van der Waals surface area contributed by atoms with Crippen LogP contribution < -0.4 is 11.1 Å². The van der Waals surface area contributed by atoms with Gasteiger partial charge < -0.3 is 11.1 Å². The standard InChI is InChI=1S/C24H23ClN6O2/c1-24(2)10-20-17(11-29-31(20)13-24)16-9-19(28-12-18(16)25)22(23(27)33)14-4-3-5-15(8-14)30-21(32)6-7-26/h3-5,8-9,11-12,22H,6,10,13H2,1-2H3,(H2,27,33)(H,30,32).